The van der Waals surface area contributed by atoms with E-state index in [-0.39, 0.29) is 23.0 Å². The predicted octanol–water partition coefficient (Wildman–Crippen LogP) is 6.42. The van der Waals surface area contributed by atoms with E-state index in [2.05, 4.69) is 20.5 Å². The molecule has 0 aliphatic rings. The Morgan fingerprint density at radius 3 is 1.88 bits per heavy atom. The van der Waals surface area contributed by atoms with Crippen molar-refractivity contribution >= 4 is 44.8 Å². The van der Waals surface area contributed by atoms with Crippen LogP contribution in [0.2, 0.25) is 0 Å². The van der Waals surface area contributed by atoms with Crippen molar-refractivity contribution in [2.75, 3.05) is 0 Å². The number of aromatic hydroxyl groups is 2. The highest BCUT2D eigenvalue weighted by atomic mass is 16.3. The van der Waals surface area contributed by atoms with Crippen LogP contribution in [0.1, 0.15) is 10.4 Å². The minimum Gasteiger partial charge on any atom is -0.493 e. The molecule has 0 radical (unpaired) electrons. The highest BCUT2D eigenvalue weighted by molar-refractivity contribution is 5.98. The number of hydrogen-bond donors (Lipinski definition) is 2. The van der Waals surface area contributed by atoms with Crippen LogP contribution in [-0.4, -0.2) is 25.3 Å². The van der Waals surface area contributed by atoms with E-state index >= 15 is 0 Å². The number of rotatable bonds is 4. The summed E-state index contributed by atoms with van der Waals surface area (Å²) in [5.41, 5.74) is 2.87. The van der Waals surface area contributed by atoms with Gasteiger partial charge in [0.1, 0.15) is 0 Å². The van der Waals surface area contributed by atoms with E-state index in [0.717, 1.165) is 16.4 Å². The van der Waals surface area contributed by atoms with E-state index in [0.29, 0.717) is 16.8 Å². The molecule has 2 heterocycles. The van der Waals surface area contributed by atoms with Crippen LogP contribution in [0.25, 0.3) is 21.8 Å². The van der Waals surface area contributed by atoms with Crippen LogP contribution in [0, 0.1) is 0 Å². The number of aryl methyl sites for hydroxylation is 2. The quantitative estimate of drug-likeness (QED) is 0.306. The molecule has 2 aromatic heterocycles. The Balaban J connectivity index is 1.43. The number of fused-ring (bicyclic) bond motifs is 2. The molecule has 0 fully saturated rings. The molecule has 0 aliphatic heterocycles. The molecule has 0 unspecified atom stereocenters. The van der Waals surface area contributed by atoms with Crippen LogP contribution in [-0.2, 0) is 14.1 Å². The fourth-order valence-corrected chi connectivity index (χ4v) is 3.88. The summed E-state index contributed by atoms with van der Waals surface area (Å²) in [4.78, 5) is 12.7. The molecule has 9 heteroatoms. The fourth-order valence-electron chi connectivity index (χ4n) is 3.88. The van der Waals surface area contributed by atoms with E-state index in [1.807, 2.05) is 42.5 Å². The van der Waals surface area contributed by atoms with Gasteiger partial charge in [0.15, 0.2) is 11.4 Å². The molecule has 168 valence electrons. The van der Waals surface area contributed by atoms with Crippen molar-refractivity contribution in [3.63, 3.8) is 0 Å². The van der Waals surface area contributed by atoms with Gasteiger partial charge in [0.2, 0.25) is 11.8 Å². The van der Waals surface area contributed by atoms with Gasteiger partial charge in [-0.3, -0.25) is 4.79 Å². The third kappa shape index (κ3) is 3.49. The highest BCUT2D eigenvalue weighted by Crippen LogP contribution is 2.39. The van der Waals surface area contributed by atoms with Crippen LogP contribution in [0.3, 0.4) is 0 Å². The molecule has 0 bridgehead atoms. The molecule has 0 saturated carbocycles. The maximum Gasteiger partial charge on any atom is 0.295 e. The summed E-state index contributed by atoms with van der Waals surface area (Å²) >= 11 is 0. The summed E-state index contributed by atoms with van der Waals surface area (Å²) in [5, 5.41) is 38.5. The summed E-state index contributed by atoms with van der Waals surface area (Å²) < 4.78 is 3.21. The van der Waals surface area contributed by atoms with E-state index in [9.17, 15) is 15.0 Å². The minimum absolute atomic E-state index is 0.000811. The van der Waals surface area contributed by atoms with Gasteiger partial charge in [0.05, 0.1) is 16.7 Å². The number of hydrogen-bond acceptors (Lipinski definition) is 6. The molecule has 3 aromatic carbocycles. The normalized spacial score (nSPS) is 11.9. The smallest absolute Gasteiger partial charge is 0.295 e. The molecule has 34 heavy (non-hydrogen) atoms. The summed E-state index contributed by atoms with van der Waals surface area (Å²) in [7, 11) is 3.45. The van der Waals surface area contributed by atoms with Crippen molar-refractivity contribution in [1.82, 2.24) is 9.13 Å². The second-order valence-corrected chi connectivity index (χ2v) is 7.75. The average molecular weight is 452 g/mol. The zero-order valence-electron chi connectivity index (χ0n) is 18.4. The lowest BCUT2D eigenvalue weighted by Crippen LogP contribution is -1.92. The van der Waals surface area contributed by atoms with Crippen molar-refractivity contribution in [2.45, 2.75) is 0 Å². The lowest BCUT2D eigenvalue weighted by atomic mass is 10.2. The molecule has 2 N–H and O–H groups in total. The van der Waals surface area contributed by atoms with Crippen molar-refractivity contribution in [1.29, 1.82) is 0 Å². The summed E-state index contributed by atoms with van der Waals surface area (Å²) in [6, 6.07) is 21.3. The number of benzene rings is 3. The Bertz CT molecular complexity index is 1630. The molecule has 9 nitrogen and oxygen atoms in total. The van der Waals surface area contributed by atoms with Gasteiger partial charge < -0.3 is 19.3 Å². The first-order valence-corrected chi connectivity index (χ1v) is 10.5. The first-order chi connectivity index (χ1) is 16.5. The Labute approximate surface area is 193 Å². The number of aromatic nitrogens is 2. The summed E-state index contributed by atoms with van der Waals surface area (Å²) in [6.07, 6.45) is 0. The molecule has 5 aromatic rings. The van der Waals surface area contributed by atoms with Crippen molar-refractivity contribution in [3.05, 3.63) is 78.4 Å². The topological polar surface area (TPSA) is 117 Å². The lowest BCUT2D eigenvalue weighted by molar-refractivity contribution is 0.0995. The first-order valence-electron chi connectivity index (χ1n) is 10.5. The first kappa shape index (κ1) is 21.1. The van der Waals surface area contributed by atoms with Gasteiger partial charge in [-0.15, -0.1) is 15.3 Å². The van der Waals surface area contributed by atoms with Gasteiger partial charge in [-0.2, -0.15) is 5.11 Å². The second kappa shape index (κ2) is 8.28. The number of para-hydroxylation sites is 2. The van der Waals surface area contributed by atoms with Gasteiger partial charge >= 0.3 is 0 Å². The van der Waals surface area contributed by atoms with E-state index in [1.165, 1.54) is 6.07 Å². The van der Waals surface area contributed by atoms with Gasteiger partial charge in [-0.1, -0.05) is 42.5 Å². The second-order valence-electron chi connectivity index (χ2n) is 7.75. The molecule has 5 rings (SSSR count). The van der Waals surface area contributed by atoms with E-state index < -0.39 is 5.91 Å². The third-order valence-electron chi connectivity index (χ3n) is 5.70. The van der Waals surface area contributed by atoms with Crippen LogP contribution in [0.4, 0.5) is 17.1 Å². The summed E-state index contributed by atoms with van der Waals surface area (Å²) in [6.45, 7) is 0. The van der Waals surface area contributed by atoms with Gasteiger partial charge in [0, 0.05) is 30.4 Å². The SMILES string of the molecule is Cn1c(O)c(N=NC(=O)c2cccc(N=Nc3c(O)n(C)c4ccccc34)c2)c2ccccc21. The van der Waals surface area contributed by atoms with Crippen LogP contribution in [0.15, 0.2) is 93.3 Å². The molecule has 0 aliphatic carbocycles. The average Bonchev–Trinajstić information content (AvgIpc) is 3.26. The Morgan fingerprint density at radius 1 is 0.706 bits per heavy atom. The number of carbonyl (C=O) groups is 1. The molecule has 1 amide bonds. The van der Waals surface area contributed by atoms with Crippen molar-refractivity contribution in [3.8, 4) is 11.8 Å². The lowest BCUT2D eigenvalue weighted by Gasteiger charge is -1.98. The number of nitrogens with zero attached hydrogens (tertiary/aromatic N) is 6. The van der Waals surface area contributed by atoms with Crippen LogP contribution in [0.5, 0.6) is 11.8 Å². The Hall–Kier alpha value is -4.79. The Kier molecular flexibility index (Phi) is 5.14. The molecule has 0 spiro atoms. The Morgan fingerprint density at radius 2 is 1.26 bits per heavy atom. The summed E-state index contributed by atoms with van der Waals surface area (Å²) in [5.74, 6) is -0.659. The van der Waals surface area contributed by atoms with Crippen LogP contribution < -0.4 is 0 Å². The largest absolute Gasteiger partial charge is 0.493 e. The third-order valence-corrected chi connectivity index (χ3v) is 5.70. The number of amides is 1. The molecule has 0 atom stereocenters. The van der Waals surface area contributed by atoms with Crippen molar-refractivity contribution in [2.24, 2.45) is 34.6 Å². The van der Waals surface area contributed by atoms with E-state index in [1.54, 1.807) is 47.5 Å². The van der Waals surface area contributed by atoms with E-state index in [4.69, 9.17) is 0 Å². The number of azo groups is 2. The van der Waals surface area contributed by atoms with Gasteiger partial charge in [0.25, 0.3) is 5.91 Å². The number of carbonyl (C=O) groups excluding carboxylic acids is 1. The van der Waals surface area contributed by atoms with Crippen LogP contribution >= 0.6 is 0 Å². The highest BCUT2D eigenvalue weighted by Gasteiger charge is 2.15. The van der Waals surface area contributed by atoms with Gasteiger partial charge in [-0.25, -0.2) is 0 Å². The zero-order chi connectivity index (χ0) is 23.8. The molecular weight excluding hydrogens is 432 g/mol. The molecule has 0 saturated heterocycles. The van der Waals surface area contributed by atoms with Crippen molar-refractivity contribution < 1.29 is 15.0 Å². The monoisotopic (exact) mass is 452 g/mol. The fraction of sp³-hybridized carbons (Fsp3) is 0.0800. The zero-order valence-corrected chi connectivity index (χ0v) is 18.4. The maximum absolute atomic E-state index is 12.7. The van der Waals surface area contributed by atoms with Gasteiger partial charge in [-0.05, 0) is 30.3 Å². The predicted molar refractivity (Wildman–Crippen MR) is 129 cm³/mol. The maximum atomic E-state index is 12.7. The standard InChI is InChI=1S/C25H20N6O3/c1-30-19-12-5-3-10-17(19)21(24(30)33)27-26-16-9-7-8-15(14-16)23(32)29-28-22-18-11-4-6-13-20(18)31(2)25(22)34/h3-14,33-34H,1-2H3. The molecular formula is C25H20N6O3. The minimum atomic E-state index is -0.586.